The van der Waals surface area contributed by atoms with Gasteiger partial charge in [0.05, 0.1) is 31.1 Å². The average molecular weight is 382 g/mol. The summed E-state index contributed by atoms with van der Waals surface area (Å²) in [6, 6.07) is 21.9. The van der Waals surface area contributed by atoms with Gasteiger partial charge in [-0.1, -0.05) is 60.2 Å². The van der Waals surface area contributed by atoms with E-state index in [-0.39, 0.29) is 0 Å². The van der Waals surface area contributed by atoms with Crippen LogP contribution in [0.3, 0.4) is 0 Å². The fourth-order valence-corrected chi connectivity index (χ4v) is 5.17. The fraction of sp³-hybridized carbons (Fsp3) is 0.273. The SMILES string of the molecule is Cc1ccc(C[NH+]2CCN(S(=O)(=O)c3ccc4ccccc4c3)CC2)cc1. The van der Waals surface area contributed by atoms with E-state index in [4.69, 9.17) is 0 Å². The maximum Gasteiger partial charge on any atom is 0.243 e. The van der Waals surface area contributed by atoms with E-state index >= 15 is 0 Å². The van der Waals surface area contributed by atoms with Crippen molar-refractivity contribution in [2.45, 2.75) is 18.4 Å². The maximum atomic E-state index is 13.1. The second-order valence-electron chi connectivity index (χ2n) is 7.33. The molecule has 1 aliphatic heterocycles. The number of hydrogen-bond acceptors (Lipinski definition) is 2. The zero-order valence-corrected chi connectivity index (χ0v) is 16.4. The fourth-order valence-electron chi connectivity index (χ4n) is 3.69. The highest BCUT2D eigenvalue weighted by molar-refractivity contribution is 7.89. The van der Waals surface area contributed by atoms with Gasteiger partial charge >= 0.3 is 0 Å². The Morgan fingerprint density at radius 3 is 2.26 bits per heavy atom. The molecule has 1 fully saturated rings. The summed E-state index contributed by atoms with van der Waals surface area (Å²) in [7, 11) is -3.44. The first kappa shape index (κ1) is 18.2. The van der Waals surface area contributed by atoms with E-state index in [1.54, 1.807) is 16.4 Å². The molecule has 4 rings (SSSR count). The summed E-state index contributed by atoms with van der Waals surface area (Å²) in [6.45, 7) is 5.84. The van der Waals surface area contributed by atoms with Crippen LogP contribution in [0, 0.1) is 6.92 Å². The standard InChI is InChI=1S/C22H24N2O2S/c1-18-6-8-19(9-7-18)17-23-12-14-24(15-13-23)27(25,26)22-11-10-20-4-2-3-5-21(20)16-22/h2-11,16H,12-15,17H2,1H3/p+1. The maximum absolute atomic E-state index is 13.1. The van der Waals surface area contributed by atoms with Gasteiger partial charge in [0.2, 0.25) is 10.0 Å². The van der Waals surface area contributed by atoms with Crippen molar-refractivity contribution in [3.63, 3.8) is 0 Å². The van der Waals surface area contributed by atoms with E-state index in [9.17, 15) is 8.42 Å². The summed E-state index contributed by atoms with van der Waals surface area (Å²) in [6.07, 6.45) is 0. The van der Waals surface area contributed by atoms with Crippen molar-refractivity contribution in [3.8, 4) is 0 Å². The van der Waals surface area contributed by atoms with Crippen molar-refractivity contribution in [2.75, 3.05) is 26.2 Å². The third-order valence-corrected chi connectivity index (χ3v) is 7.26. The second kappa shape index (κ2) is 7.43. The van der Waals surface area contributed by atoms with Crippen LogP contribution in [0.2, 0.25) is 0 Å². The molecule has 1 heterocycles. The molecule has 140 valence electrons. The van der Waals surface area contributed by atoms with Crippen molar-refractivity contribution in [1.82, 2.24) is 4.31 Å². The van der Waals surface area contributed by atoms with E-state index in [1.165, 1.54) is 16.0 Å². The van der Waals surface area contributed by atoms with Crippen molar-refractivity contribution in [3.05, 3.63) is 77.9 Å². The number of quaternary nitrogens is 1. The minimum atomic E-state index is -3.44. The van der Waals surface area contributed by atoms with Gasteiger partial charge in [0.1, 0.15) is 6.54 Å². The number of nitrogens with one attached hydrogen (secondary N) is 1. The van der Waals surface area contributed by atoms with Crippen molar-refractivity contribution < 1.29 is 13.3 Å². The molecule has 3 aromatic carbocycles. The van der Waals surface area contributed by atoms with Crippen LogP contribution < -0.4 is 4.90 Å². The van der Waals surface area contributed by atoms with Crippen LogP contribution in [0.5, 0.6) is 0 Å². The number of nitrogens with zero attached hydrogens (tertiary/aromatic N) is 1. The number of hydrogen-bond donors (Lipinski definition) is 1. The van der Waals surface area contributed by atoms with Gasteiger partial charge in [0, 0.05) is 5.56 Å². The molecule has 0 atom stereocenters. The topological polar surface area (TPSA) is 41.8 Å². The molecule has 1 N–H and O–H groups in total. The van der Waals surface area contributed by atoms with Gasteiger partial charge in [-0.05, 0) is 29.8 Å². The molecule has 0 unspecified atom stereocenters. The molecule has 0 aliphatic carbocycles. The minimum Gasteiger partial charge on any atom is -0.329 e. The van der Waals surface area contributed by atoms with E-state index in [0.29, 0.717) is 18.0 Å². The summed E-state index contributed by atoms with van der Waals surface area (Å²) in [5, 5.41) is 2.02. The monoisotopic (exact) mass is 381 g/mol. The first-order chi connectivity index (χ1) is 13.0. The van der Waals surface area contributed by atoms with E-state index in [1.807, 2.05) is 30.3 Å². The Kier molecular flexibility index (Phi) is 5.00. The van der Waals surface area contributed by atoms with E-state index in [0.717, 1.165) is 30.4 Å². The third kappa shape index (κ3) is 3.90. The number of rotatable bonds is 4. The lowest BCUT2D eigenvalue weighted by Gasteiger charge is -2.31. The lowest BCUT2D eigenvalue weighted by Crippen LogP contribution is -3.13. The molecule has 0 saturated carbocycles. The van der Waals surface area contributed by atoms with Gasteiger partial charge in [0.15, 0.2) is 0 Å². The lowest BCUT2D eigenvalue weighted by atomic mass is 10.1. The average Bonchev–Trinajstić information content (AvgIpc) is 2.70. The third-order valence-electron chi connectivity index (χ3n) is 5.36. The van der Waals surface area contributed by atoms with Crippen LogP contribution in [0.1, 0.15) is 11.1 Å². The molecule has 1 saturated heterocycles. The number of aryl methyl sites for hydroxylation is 1. The van der Waals surface area contributed by atoms with Gasteiger partial charge in [-0.25, -0.2) is 8.42 Å². The van der Waals surface area contributed by atoms with Crippen LogP contribution in [0.4, 0.5) is 0 Å². The van der Waals surface area contributed by atoms with Gasteiger partial charge in [-0.15, -0.1) is 0 Å². The van der Waals surface area contributed by atoms with Crippen molar-refractivity contribution in [2.24, 2.45) is 0 Å². The Hall–Kier alpha value is -2.21. The normalized spacial score (nSPS) is 16.6. The van der Waals surface area contributed by atoms with Crippen LogP contribution in [-0.2, 0) is 16.6 Å². The van der Waals surface area contributed by atoms with Crippen LogP contribution >= 0.6 is 0 Å². The summed E-state index contributed by atoms with van der Waals surface area (Å²) in [5.74, 6) is 0. The Morgan fingerprint density at radius 1 is 0.889 bits per heavy atom. The molecule has 0 bridgehead atoms. The molecule has 3 aromatic rings. The largest absolute Gasteiger partial charge is 0.329 e. The smallest absolute Gasteiger partial charge is 0.243 e. The Morgan fingerprint density at radius 2 is 1.56 bits per heavy atom. The Bertz CT molecular complexity index is 1040. The Labute approximate surface area is 161 Å². The summed E-state index contributed by atoms with van der Waals surface area (Å²) >= 11 is 0. The van der Waals surface area contributed by atoms with Crippen molar-refractivity contribution in [1.29, 1.82) is 0 Å². The highest BCUT2D eigenvalue weighted by Crippen LogP contribution is 2.21. The number of benzene rings is 3. The number of fused-ring (bicyclic) bond motifs is 1. The number of sulfonamides is 1. The molecule has 0 radical (unpaired) electrons. The predicted molar refractivity (Wildman–Crippen MR) is 108 cm³/mol. The number of piperazine rings is 1. The van der Waals surface area contributed by atoms with Crippen LogP contribution in [0.25, 0.3) is 10.8 Å². The molecule has 5 heteroatoms. The van der Waals surface area contributed by atoms with Gasteiger partial charge in [-0.2, -0.15) is 4.31 Å². The summed E-state index contributed by atoms with van der Waals surface area (Å²) in [4.78, 5) is 1.83. The molecule has 0 spiro atoms. The van der Waals surface area contributed by atoms with Crippen LogP contribution in [-0.4, -0.2) is 38.9 Å². The van der Waals surface area contributed by atoms with Crippen molar-refractivity contribution >= 4 is 20.8 Å². The second-order valence-corrected chi connectivity index (χ2v) is 9.26. The zero-order chi connectivity index (χ0) is 18.9. The zero-order valence-electron chi connectivity index (χ0n) is 15.6. The summed E-state index contributed by atoms with van der Waals surface area (Å²) in [5.41, 5.74) is 2.57. The highest BCUT2D eigenvalue weighted by atomic mass is 32.2. The first-order valence-electron chi connectivity index (χ1n) is 9.40. The van der Waals surface area contributed by atoms with Crippen LogP contribution in [0.15, 0.2) is 71.6 Å². The highest BCUT2D eigenvalue weighted by Gasteiger charge is 2.30. The van der Waals surface area contributed by atoms with Gasteiger partial charge < -0.3 is 4.90 Å². The molecule has 4 nitrogen and oxygen atoms in total. The molecular weight excluding hydrogens is 356 g/mol. The molecular formula is C22H25N2O2S+. The molecule has 1 aliphatic rings. The molecule has 0 aromatic heterocycles. The van der Waals surface area contributed by atoms with Gasteiger partial charge in [-0.3, -0.25) is 0 Å². The minimum absolute atomic E-state index is 0.392. The Balaban J connectivity index is 1.45. The van der Waals surface area contributed by atoms with E-state index in [2.05, 4.69) is 31.2 Å². The molecule has 27 heavy (non-hydrogen) atoms. The molecule has 0 amide bonds. The first-order valence-corrected chi connectivity index (χ1v) is 10.8. The lowest BCUT2D eigenvalue weighted by molar-refractivity contribution is -0.917. The van der Waals surface area contributed by atoms with Gasteiger partial charge in [0.25, 0.3) is 0 Å². The van der Waals surface area contributed by atoms with E-state index < -0.39 is 10.0 Å². The predicted octanol–water partition coefficient (Wildman–Crippen LogP) is 2.24. The summed E-state index contributed by atoms with van der Waals surface area (Å²) < 4.78 is 27.7. The quantitative estimate of drug-likeness (QED) is 0.753.